The molecule has 1 fully saturated rings. The Morgan fingerprint density at radius 3 is 2.33 bits per heavy atom. The van der Waals surface area contributed by atoms with Gasteiger partial charge in [0.2, 0.25) is 5.96 Å². The van der Waals surface area contributed by atoms with E-state index in [0.29, 0.717) is 0 Å². The maximum Gasteiger partial charge on any atom is 0.211 e. The van der Waals surface area contributed by atoms with Gasteiger partial charge in [0.05, 0.1) is 0 Å². The molecule has 0 radical (unpaired) electrons. The van der Waals surface area contributed by atoms with E-state index >= 15 is 0 Å². The summed E-state index contributed by atoms with van der Waals surface area (Å²) in [7, 11) is 0. The Morgan fingerprint density at radius 1 is 1.33 bits per heavy atom. The Kier molecular flexibility index (Phi) is 1.67. The molecular formula is C5H10N4. The van der Waals surface area contributed by atoms with E-state index in [1.807, 2.05) is 0 Å². The highest BCUT2D eigenvalue weighted by molar-refractivity contribution is 5.89. The molecule has 1 rings (SSSR count). The van der Waals surface area contributed by atoms with Crippen LogP contribution >= 0.6 is 0 Å². The van der Waals surface area contributed by atoms with Crippen LogP contribution in [-0.4, -0.2) is 11.7 Å². The predicted molar refractivity (Wildman–Crippen MR) is 37.1 cm³/mol. The summed E-state index contributed by atoms with van der Waals surface area (Å²) in [5.74, 6) is 0.0365. The smallest absolute Gasteiger partial charge is 0.211 e. The molecule has 0 amide bonds. The van der Waals surface area contributed by atoms with Crippen molar-refractivity contribution in [2.75, 3.05) is 0 Å². The van der Waals surface area contributed by atoms with Crippen LogP contribution in [0.25, 0.3) is 0 Å². The van der Waals surface area contributed by atoms with Crippen LogP contribution in [-0.2, 0) is 0 Å². The summed E-state index contributed by atoms with van der Waals surface area (Å²) in [6.45, 7) is 0. The minimum Gasteiger partial charge on any atom is -0.369 e. The molecule has 1 aliphatic carbocycles. The lowest BCUT2D eigenvalue weighted by Crippen LogP contribution is -2.22. The number of rotatable bonds is 1. The first kappa shape index (κ1) is 6.07. The molecule has 0 atom stereocenters. The van der Waals surface area contributed by atoms with Crippen molar-refractivity contribution in [2.45, 2.75) is 19.3 Å². The van der Waals surface area contributed by atoms with Crippen LogP contribution in [0.4, 0.5) is 0 Å². The van der Waals surface area contributed by atoms with Crippen LogP contribution in [0.15, 0.2) is 10.2 Å². The van der Waals surface area contributed by atoms with Crippen LogP contribution in [0.3, 0.4) is 0 Å². The molecule has 0 heterocycles. The van der Waals surface area contributed by atoms with Gasteiger partial charge in [-0.2, -0.15) is 5.10 Å². The standard InChI is InChI=1S/C5H10N4/c6-5(7)9-8-4-2-1-3-4/h1-3H2,(H4,6,7,9). The summed E-state index contributed by atoms with van der Waals surface area (Å²) in [6.07, 6.45) is 3.33. The van der Waals surface area contributed by atoms with Crippen molar-refractivity contribution in [2.24, 2.45) is 21.7 Å². The Bertz CT molecular complexity index is 148. The van der Waals surface area contributed by atoms with Crippen LogP contribution in [0.5, 0.6) is 0 Å². The van der Waals surface area contributed by atoms with E-state index in [-0.39, 0.29) is 5.96 Å². The average Bonchev–Trinajstić information content (AvgIpc) is 1.60. The number of nitrogens with zero attached hydrogens (tertiary/aromatic N) is 2. The summed E-state index contributed by atoms with van der Waals surface area (Å²) in [5, 5.41) is 7.29. The van der Waals surface area contributed by atoms with Crippen LogP contribution < -0.4 is 11.5 Å². The highest BCUT2D eigenvalue weighted by Gasteiger charge is 2.08. The molecule has 4 nitrogen and oxygen atoms in total. The monoisotopic (exact) mass is 126 g/mol. The van der Waals surface area contributed by atoms with Gasteiger partial charge in [0.1, 0.15) is 0 Å². The Morgan fingerprint density at radius 2 is 2.00 bits per heavy atom. The van der Waals surface area contributed by atoms with Gasteiger partial charge in [0.15, 0.2) is 0 Å². The van der Waals surface area contributed by atoms with Gasteiger partial charge < -0.3 is 11.5 Å². The molecule has 9 heavy (non-hydrogen) atoms. The van der Waals surface area contributed by atoms with Gasteiger partial charge in [0.25, 0.3) is 0 Å². The molecule has 1 aliphatic rings. The van der Waals surface area contributed by atoms with Gasteiger partial charge in [-0.15, -0.1) is 5.10 Å². The topological polar surface area (TPSA) is 76.8 Å². The first-order valence-corrected chi connectivity index (χ1v) is 2.93. The van der Waals surface area contributed by atoms with Gasteiger partial charge in [-0.3, -0.25) is 0 Å². The van der Waals surface area contributed by atoms with E-state index in [1.54, 1.807) is 0 Å². The van der Waals surface area contributed by atoms with E-state index in [0.717, 1.165) is 18.6 Å². The third-order valence-corrected chi connectivity index (χ3v) is 1.24. The molecule has 50 valence electrons. The maximum atomic E-state index is 5.04. The fourth-order valence-electron chi connectivity index (χ4n) is 0.563. The van der Waals surface area contributed by atoms with Crippen LogP contribution in [0.1, 0.15) is 19.3 Å². The van der Waals surface area contributed by atoms with E-state index in [1.165, 1.54) is 6.42 Å². The first-order chi connectivity index (χ1) is 4.29. The molecule has 0 spiro atoms. The molecule has 0 saturated heterocycles. The minimum atomic E-state index is 0.0365. The second-order valence-electron chi connectivity index (χ2n) is 2.04. The third kappa shape index (κ3) is 1.71. The largest absolute Gasteiger partial charge is 0.369 e. The van der Waals surface area contributed by atoms with Gasteiger partial charge in [-0.05, 0) is 19.3 Å². The van der Waals surface area contributed by atoms with Crippen molar-refractivity contribution in [1.29, 1.82) is 0 Å². The molecule has 0 bridgehead atoms. The molecule has 0 aromatic heterocycles. The minimum absolute atomic E-state index is 0.0365. The number of hydrogen-bond donors (Lipinski definition) is 2. The zero-order valence-corrected chi connectivity index (χ0v) is 5.17. The summed E-state index contributed by atoms with van der Waals surface area (Å²) < 4.78 is 0. The molecule has 4 heteroatoms. The Balaban J connectivity index is 2.39. The third-order valence-electron chi connectivity index (χ3n) is 1.24. The van der Waals surface area contributed by atoms with E-state index < -0.39 is 0 Å². The van der Waals surface area contributed by atoms with Crippen molar-refractivity contribution in [3.05, 3.63) is 0 Å². The summed E-state index contributed by atoms with van der Waals surface area (Å²) >= 11 is 0. The normalized spacial score (nSPS) is 16.2. The summed E-state index contributed by atoms with van der Waals surface area (Å²) in [4.78, 5) is 0. The van der Waals surface area contributed by atoms with Crippen molar-refractivity contribution in [1.82, 2.24) is 0 Å². The lowest BCUT2D eigenvalue weighted by Gasteiger charge is -2.11. The van der Waals surface area contributed by atoms with Crippen molar-refractivity contribution in [3.8, 4) is 0 Å². The zero-order chi connectivity index (χ0) is 6.69. The molecular weight excluding hydrogens is 116 g/mol. The van der Waals surface area contributed by atoms with Crippen LogP contribution in [0.2, 0.25) is 0 Å². The SMILES string of the molecule is NC(N)=NN=C1CCC1. The Hall–Kier alpha value is -1.06. The number of guanidine groups is 1. The van der Waals surface area contributed by atoms with E-state index in [9.17, 15) is 0 Å². The molecule has 4 N–H and O–H groups in total. The second-order valence-corrected chi connectivity index (χ2v) is 2.04. The molecule has 0 aromatic carbocycles. The molecule has 0 aliphatic heterocycles. The van der Waals surface area contributed by atoms with E-state index in [2.05, 4.69) is 10.2 Å². The van der Waals surface area contributed by atoms with Gasteiger partial charge in [0, 0.05) is 5.71 Å². The van der Waals surface area contributed by atoms with Crippen molar-refractivity contribution in [3.63, 3.8) is 0 Å². The van der Waals surface area contributed by atoms with Gasteiger partial charge in [-0.25, -0.2) is 0 Å². The van der Waals surface area contributed by atoms with Crippen molar-refractivity contribution >= 4 is 11.7 Å². The maximum absolute atomic E-state index is 5.04. The fourth-order valence-corrected chi connectivity index (χ4v) is 0.563. The Labute approximate surface area is 53.6 Å². The molecule has 1 saturated carbocycles. The highest BCUT2D eigenvalue weighted by Crippen LogP contribution is 2.13. The van der Waals surface area contributed by atoms with Crippen LogP contribution in [0, 0.1) is 0 Å². The fraction of sp³-hybridized carbons (Fsp3) is 0.600. The number of hydrogen-bond acceptors (Lipinski definition) is 2. The van der Waals surface area contributed by atoms with E-state index in [4.69, 9.17) is 11.5 Å². The summed E-state index contributed by atoms with van der Waals surface area (Å²) in [6, 6.07) is 0. The molecule has 0 unspecified atom stereocenters. The first-order valence-electron chi connectivity index (χ1n) is 2.93. The number of nitrogens with two attached hydrogens (primary N) is 2. The average molecular weight is 126 g/mol. The van der Waals surface area contributed by atoms with Gasteiger partial charge in [-0.1, -0.05) is 0 Å². The predicted octanol–water partition coefficient (Wildman–Crippen LogP) is -0.200. The lowest BCUT2D eigenvalue weighted by molar-refractivity contribution is 0.793. The summed E-state index contributed by atoms with van der Waals surface area (Å²) in [5.41, 5.74) is 11.2. The highest BCUT2D eigenvalue weighted by atomic mass is 15.3. The second kappa shape index (κ2) is 2.48. The quantitative estimate of drug-likeness (QED) is 0.290. The molecule has 0 aromatic rings. The lowest BCUT2D eigenvalue weighted by atomic mass is 9.98. The zero-order valence-electron chi connectivity index (χ0n) is 5.17. The van der Waals surface area contributed by atoms with Gasteiger partial charge >= 0.3 is 0 Å². The van der Waals surface area contributed by atoms with Crippen molar-refractivity contribution < 1.29 is 0 Å².